The van der Waals surface area contributed by atoms with Crippen LogP contribution >= 0.6 is 0 Å². The first-order valence-corrected chi connectivity index (χ1v) is 11.9. The van der Waals surface area contributed by atoms with Crippen molar-refractivity contribution in [2.45, 2.75) is 40.2 Å². The van der Waals surface area contributed by atoms with Gasteiger partial charge in [0.05, 0.1) is 5.69 Å². The molecule has 1 saturated heterocycles. The Kier molecular flexibility index (Phi) is 6.29. The minimum atomic E-state index is -0.177. The SMILES string of the molecule is Cc1nn(-c2ccc3nnc(C)n3n2)c(C)c1CCC(=O)N1CCN(Cc2ccccc2F)CC1. The second-order valence-corrected chi connectivity index (χ2v) is 9.02. The number of amides is 1. The molecule has 1 amide bonds. The van der Waals surface area contributed by atoms with E-state index in [1.807, 2.05) is 54.6 Å². The van der Waals surface area contributed by atoms with Gasteiger partial charge in [-0.3, -0.25) is 9.69 Å². The highest BCUT2D eigenvalue weighted by molar-refractivity contribution is 5.76. The van der Waals surface area contributed by atoms with Crippen molar-refractivity contribution in [3.05, 3.63) is 70.6 Å². The molecule has 0 radical (unpaired) electrons. The highest BCUT2D eigenvalue weighted by Crippen LogP contribution is 2.20. The van der Waals surface area contributed by atoms with Crippen molar-refractivity contribution in [3.8, 4) is 5.82 Å². The Morgan fingerprint density at radius 1 is 0.971 bits per heavy atom. The van der Waals surface area contributed by atoms with Crippen LogP contribution in [0, 0.1) is 26.6 Å². The highest BCUT2D eigenvalue weighted by atomic mass is 19.1. The number of hydrogen-bond acceptors (Lipinski definition) is 6. The van der Waals surface area contributed by atoms with E-state index in [-0.39, 0.29) is 11.7 Å². The smallest absolute Gasteiger partial charge is 0.222 e. The van der Waals surface area contributed by atoms with Gasteiger partial charge in [-0.25, -0.2) is 9.07 Å². The number of aryl methyl sites for hydroxylation is 2. The fraction of sp³-hybridized carbons (Fsp3) is 0.400. The second kappa shape index (κ2) is 9.53. The molecule has 35 heavy (non-hydrogen) atoms. The minimum Gasteiger partial charge on any atom is -0.340 e. The van der Waals surface area contributed by atoms with Crippen LogP contribution in [0.15, 0.2) is 36.4 Å². The maximum Gasteiger partial charge on any atom is 0.222 e. The summed E-state index contributed by atoms with van der Waals surface area (Å²) < 4.78 is 17.5. The normalized spacial score (nSPS) is 14.7. The third-order valence-electron chi connectivity index (χ3n) is 6.73. The van der Waals surface area contributed by atoms with E-state index in [0.29, 0.717) is 55.3 Å². The standard InChI is InChI=1S/C25H29FN8O/c1-17-21(18(2)33(29-17)24-10-9-23-28-27-19(3)34(23)30-24)8-11-25(35)32-14-12-31(13-15-32)16-20-6-4-5-7-22(20)26/h4-7,9-10H,8,11-16H2,1-3H3. The minimum absolute atomic E-state index is 0.141. The number of hydrogen-bond donors (Lipinski definition) is 0. The van der Waals surface area contributed by atoms with E-state index in [1.165, 1.54) is 6.07 Å². The lowest BCUT2D eigenvalue weighted by molar-refractivity contribution is -0.133. The zero-order valence-corrected chi connectivity index (χ0v) is 20.3. The van der Waals surface area contributed by atoms with Crippen LogP contribution in [0.1, 0.15) is 34.8 Å². The number of piperazine rings is 1. The van der Waals surface area contributed by atoms with Crippen molar-refractivity contribution < 1.29 is 9.18 Å². The number of aromatic nitrogens is 6. The highest BCUT2D eigenvalue weighted by Gasteiger charge is 2.23. The Hall–Kier alpha value is -3.66. The predicted molar refractivity (Wildman–Crippen MR) is 129 cm³/mol. The molecule has 4 heterocycles. The molecule has 10 heteroatoms. The Labute approximate surface area is 203 Å². The predicted octanol–water partition coefficient (Wildman–Crippen LogP) is 2.65. The third-order valence-corrected chi connectivity index (χ3v) is 6.73. The average Bonchev–Trinajstić information content (AvgIpc) is 3.37. The molecule has 0 N–H and O–H groups in total. The van der Waals surface area contributed by atoms with Crippen LogP contribution in [0.25, 0.3) is 11.5 Å². The molecule has 0 atom stereocenters. The Balaban J connectivity index is 1.20. The molecule has 0 bridgehead atoms. The van der Waals surface area contributed by atoms with Crippen LogP contribution in [-0.4, -0.2) is 71.5 Å². The molecular weight excluding hydrogens is 447 g/mol. The van der Waals surface area contributed by atoms with Gasteiger partial charge in [-0.2, -0.15) is 9.61 Å². The second-order valence-electron chi connectivity index (χ2n) is 9.02. The molecule has 0 unspecified atom stereocenters. The summed E-state index contributed by atoms with van der Waals surface area (Å²) in [6.45, 7) is 9.20. The van der Waals surface area contributed by atoms with Crippen molar-refractivity contribution in [1.82, 2.24) is 39.4 Å². The maximum absolute atomic E-state index is 13.9. The van der Waals surface area contributed by atoms with E-state index in [9.17, 15) is 9.18 Å². The fourth-order valence-corrected chi connectivity index (χ4v) is 4.67. The lowest BCUT2D eigenvalue weighted by Gasteiger charge is -2.35. The molecule has 1 aliphatic heterocycles. The van der Waals surface area contributed by atoms with Gasteiger partial charge in [0.1, 0.15) is 5.82 Å². The van der Waals surface area contributed by atoms with Crippen LogP contribution < -0.4 is 0 Å². The number of carbonyl (C=O) groups excluding carboxylic acids is 1. The summed E-state index contributed by atoms with van der Waals surface area (Å²) in [6.07, 6.45) is 1.05. The number of nitrogens with zero attached hydrogens (tertiary/aromatic N) is 8. The molecule has 4 aromatic rings. The van der Waals surface area contributed by atoms with Crippen molar-refractivity contribution in [3.63, 3.8) is 0 Å². The number of benzene rings is 1. The zero-order valence-electron chi connectivity index (χ0n) is 20.3. The lowest BCUT2D eigenvalue weighted by Crippen LogP contribution is -2.48. The summed E-state index contributed by atoms with van der Waals surface area (Å²) in [5, 5.41) is 17.4. The van der Waals surface area contributed by atoms with E-state index in [4.69, 9.17) is 0 Å². The van der Waals surface area contributed by atoms with Crippen LogP contribution in [0.4, 0.5) is 4.39 Å². The number of rotatable bonds is 6. The topological polar surface area (TPSA) is 84.4 Å². The average molecular weight is 477 g/mol. The third kappa shape index (κ3) is 4.66. The number of fused-ring (bicyclic) bond motifs is 1. The van der Waals surface area contributed by atoms with Crippen LogP contribution in [0.2, 0.25) is 0 Å². The zero-order chi connectivity index (χ0) is 24.5. The van der Waals surface area contributed by atoms with E-state index in [1.54, 1.807) is 10.6 Å². The van der Waals surface area contributed by atoms with Crippen LogP contribution in [0.3, 0.4) is 0 Å². The van der Waals surface area contributed by atoms with Crippen molar-refractivity contribution in [2.24, 2.45) is 0 Å². The molecule has 3 aromatic heterocycles. The first-order valence-electron chi connectivity index (χ1n) is 11.9. The molecule has 0 aliphatic carbocycles. The van der Waals surface area contributed by atoms with Gasteiger partial charge in [0.25, 0.3) is 0 Å². The largest absolute Gasteiger partial charge is 0.340 e. The van der Waals surface area contributed by atoms with E-state index >= 15 is 0 Å². The van der Waals surface area contributed by atoms with Crippen molar-refractivity contribution >= 4 is 11.6 Å². The maximum atomic E-state index is 13.9. The molecule has 1 aromatic carbocycles. The molecule has 9 nitrogen and oxygen atoms in total. The summed E-state index contributed by atoms with van der Waals surface area (Å²) in [5.74, 6) is 1.36. The van der Waals surface area contributed by atoms with E-state index in [0.717, 1.165) is 30.0 Å². The molecule has 0 saturated carbocycles. The Morgan fingerprint density at radius 2 is 1.74 bits per heavy atom. The summed E-state index contributed by atoms with van der Waals surface area (Å²) in [5.41, 5.74) is 4.32. The van der Waals surface area contributed by atoms with Crippen LogP contribution in [0.5, 0.6) is 0 Å². The summed E-state index contributed by atoms with van der Waals surface area (Å²) in [7, 11) is 0. The van der Waals surface area contributed by atoms with Crippen molar-refractivity contribution in [1.29, 1.82) is 0 Å². The Bertz CT molecular complexity index is 1370. The molecule has 182 valence electrons. The first kappa shape index (κ1) is 23.1. The van der Waals surface area contributed by atoms with Gasteiger partial charge in [0.15, 0.2) is 17.3 Å². The van der Waals surface area contributed by atoms with Gasteiger partial charge in [0, 0.05) is 50.4 Å². The summed E-state index contributed by atoms with van der Waals surface area (Å²) in [6, 6.07) is 10.6. The van der Waals surface area contributed by atoms with Crippen molar-refractivity contribution in [2.75, 3.05) is 26.2 Å². The summed E-state index contributed by atoms with van der Waals surface area (Å²) >= 11 is 0. The summed E-state index contributed by atoms with van der Waals surface area (Å²) in [4.78, 5) is 17.0. The molecule has 0 spiro atoms. The van der Waals surface area contributed by atoms with Gasteiger partial charge in [-0.05, 0) is 51.0 Å². The number of carbonyl (C=O) groups is 1. The molecule has 1 fully saturated rings. The van der Waals surface area contributed by atoms with Crippen LogP contribution in [-0.2, 0) is 17.8 Å². The monoisotopic (exact) mass is 476 g/mol. The molecule has 5 rings (SSSR count). The molecule has 1 aliphatic rings. The van der Waals surface area contributed by atoms with E-state index in [2.05, 4.69) is 25.3 Å². The number of halogens is 1. The van der Waals surface area contributed by atoms with Gasteiger partial charge >= 0.3 is 0 Å². The van der Waals surface area contributed by atoms with E-state index < -0.39 is 0 Å². The van der Waals surface area contributed by atoms with Gasteiger partial charge in [-0.15, -0.1) is 15.3 Å². The van der Waals surface area contributed by atoms with Gasteiger partial charge < -0.3 is 4.90 Å². The van der Waals surface area contributed by atoms with Gasteiger partial charge in [0.2, 0.25) is 5.91 Å². The Morgan fingerprint density at radius 3 is 2.51 bits per heavy atom. The first-order chi connectivity index (χ1) is 16.9. The quantitative estimate of drug-likeness (QED) is 0.425. The van der Waals surface area contributed by atoms with Gasteiger partial charge in [-0.1, -0.05) is 18.2 Å². The lowest BCUT2D eigenvalue weighted by atomic mass is 10.1. The fourth-order valence-electron chi connectivity index (χ4n) is 4.67. The molecular formula is C25H29FN8O.